The molecule has 1 fully saturated rings. The maximum absolute atomic E-state index is 12.9. The Kier molecular flexibility index (Phi) is 5.94. The number of likely N-dealkylation sites (tertiary alicyclic amines) is 1. The highest BCUT2D eigenvalue weighted by molar-refractivity contribution is 5.96. The Morgan fingerprint density at radius 1 is 1.07 bits per heavy atom. The smallest absolute Gasteiger partial charge is 0.253 e. The second-order valence-corrected chi connectivity index (χ2v) is 7.51. The van der Waals surface area contributed by atoms with Crippen molar-refractivity contribution in [2.45, 2.75) is 40.0 Å². The van der Waals surface area contributed by atoms with E-state index >= 15 is 0 Å². The van der Waals surface area contributed by atoms with Crippen molar-refractivity contribution >= 4 is 17.5 Å². The first-order chi connectivity index (χ1) is 13.0. The standard InChI is InChI=1S/C23H28N2O2/c1-4-18-7-9-21(10-8-18)24-22(26)19-6-5-11-25(15-19)23(27)20-13-16(2)12-17(3)14-20/h7-10,12-14,19H,4-6,11,15H2,1-3H3,(H,24,26). The molecule has 0 aliphatic carbocycles. The summed E-state index contributed by atoms with van der Waals surface area (Å²) in [4.78, 5) is 27.4. The number of hydrogen-bond acceptors (Lipinski definition) is 2. The molecule has 142 valence electrons. The number of carbonyl (C=O) groups excluding carboxylic acids is 2. The second kappa shape index (κ2) is 8.38. The first-order valence-corrected chi connectivity index (χ1v) is 9.73. The minimum absolute atomic E-state index is 0.00262. The molecule has 1 atom stereocenters. The third-order valence-corrected chi connectivity index (χ3v) is 5.18. The van der Waals surface area contributed by atoms with Gasteiger partial charge in [0.25, 0.3) is 5.91 Å². The molecule has 1 heterocycles. The summed E-state index contributed by atoms with van der Waals surface area (Å²) in [5, 5.41) is 3.00. The molecular weight excluding hydrogens is 336 g/mol. The van der Waals surface area contributed by atoms with E-state index in [2.05, 4.69) is 18.3 Å². The van der Waals surface area contributed by atoms with Crippen LogP contribution >= 0.6 is 0 Å². The summed E-state index contributed by atoms with van der Waals surface area (Å²) >= 11 is 0. The van der Waals surface area contributed by atoms with Gasteiger partial charge in [0.1, 0.15) is 0 Å². The van der Waals surface area contributed by atoms with E-state index in [4.69, 9.17) is 0 Å². The number of carbonyl (C=O) groups is 2. The van der Waals surface area contributed by atoms with Crippen LogP contribution in [-0.2, 0) is 11.2 Å². The predicted octanol–water partition coefficient (Wildman–Crippen LogP) is 4.36. The molecule has 0 saturated carbocycles. The van der Waals surface area contributed by atoms with E-state index in [1.807, 2.05) is 55.1 Å². The molecule has 2 aromatic rings. The number of nitrogens with zero attached hydrogens (tertiary/aromatic N) is 1. The fourth-order valence-corrected chi connectivity index (χ4v) is 3.72. The lowest BCUT2D eigenvalue weighted by molar-refractivity contribution is -0.121. The first kappa shape index (κ1) is 19.2. The van der Waals surface area contributed by atoms with Crippen LogP contribution in [0.5, 0.6) is 0 Å². The van der Waals surface area contributed by atoms with Crippen LogP contribution in [0.25, 0.3) is 0 Å². The normalized spacial score (nSPS) is 16.9. The number of rotatable bonds is 4. The number of piperidine rings is 1. The topological polar surface area (TPSA) is 49.4 Å². The number of nitrogens with one attached hydrogen (secondary N) is 1. The Morgan fingerprint density at radius 2 is 1.74 bits per heavy atom. The summed E-state index contributed by atoms with van der Waals surface area (Å²) in [5.74, 6) is -0.150. The fraction of sp³-hybridized carbons (Fsp3) is 0.391. The molecular formula is C23H28N2O2. The lowest BCUT2D eigenvalue weighted by atomic mass is 9.96. The van der Waals surface area contributed by atoms with Gasteiger partial charge in [-0.05, 0) is 62.9 Å². The Hall–Kier alpha value is -2.62. The largest absolute Gasteiger partial charge is 0.338 e. The van der Waals surface area contributed by atoms with Crippen LogP contribution < -0.4 is 5.32 Å². The maximum atomic E-state index is 12.9. The molecule has 27 heavy (non-hydrogen) atoms. The van der Waals surface area contributed by atoms with Gasteiger partial charge in [0.2, 0.25) is 5.91 Å². The van der Waals surface area contributed by atoms with E-state index in [-0.39, 0.29) is 17.7 Å². The SMILES string of the molecule is CCc1ccc(NC(=O)C2CCCN(C(=O)c3cc(C)cc(C)c3)C2)cc1. The number of aryl methyl sites for hydroxylation is 3. The van der Waals surface area contributed by atoms with Crippen molar-refractivity contribution < 1.29 is 9.59 Å². The van der Waals surface area contributed by atoms with Gasteiger partial charge in [0.15, 0.2) is 0 Å². The predicted molar refractivity (Wildman–Crippen MR) is 109 cm³/mol. The van der Waals surface area contributed by atoms with Crippen LogP contribution in [-0.4, -0.2) is 29.8 Å². The molecule has 0 radical (unpaired) electrons. The van der Waals surface area contributed by atoms with Crippen molar-refractivity contribution in [3.63, 3.8) is 0 Å². The van der Waals surface area contributed by atoms with Crippen molar-refractivity contribution in [3.05, 3.63) is 64.7 Å². The van der Waals surface area contributed by atoms with Gasteiger partial charge in [0.05, 0.1) is 5.92 Å². The molecule has 1 aliphatic rings. The lowest BCUT2D eigenvalue weighted by Crippen LogP contribution is -2.43. The van der Waals surface area contributed by atoms with Crippen LogP contribution in [0.2, 0.25) is 0 Å². The Balaban J connectivity index is 1.65. The van der Waals surface area contributed by atoms with Gasteiger partial charge in [-0.15, -0.1) is 0 Å². The van der Waals surface area contributed by atoms with Crippen LogP contribution in [0, 0.1) is 19.8 Å². The van der Waals surface area contributed by atoms with Crippen LogP contribution in [0.1, 0.15) is 46.8 Å². The minimum Gasteiger partial charge on any atom is -0.338 e. The zero-order valence-electron chi connectivity index (χ0n) is 16.4. The van der Waals surface area contributed by atoms with Gasteiger partial charge in [-0.3, -0.25) is 9.59 Å². The molecule has 0 aromatic heterocycles. The third-order valence-electron chi connectivity index (χ3n) is 5.18. The zero-order valence-corrected chi connectivity index (χ0v) is 16.4. The molecule has 2 amide bonds. The molecule has 4 heteroatoms. The third kappa shape index (κ3) is 4.76. The highest BCUT2D eigenvalue weighted by Gasteiger charge is 2.29. The zero-order chi connectivity index (χ0) is 19.4. The molecule has 3 rings (SSSR count). The monoisotopic (exact) mass is 364 g/mol. The van der Waals surface area contributed by atoms with Crippen molar-refractivity contribution in [2.75, 3.05) is 18.4 Å². The highest BCUT2D eigenvalue weighted by Crippen LogP contribution is 2.21. The van der Waals surface area contributed by atoms with E-state index in [1.54, 1.807) is 0 Å². The fourth-order valence-electron chi connectivity index (χ4n) is 3.72. The van der Waals surface area contributed by atoms with Gasteiger partial charge in [0, 0.05) is 24.3 Å². The summed E-state index contributed by atoms with van der Waals surface area (Å²) in [6, 6.07) is 13.9. The van der Waals surface area contributed by atoms with E-state index in [9.17, 15) is 9.59 Å². The average Bonchev–Trinajstić information content (AvgIpc) is 2.67. The number of anilines is 1. The van der Waals surface area contributed by atoms with Crippen molar-refractivity contribution in [1.82, 2.24) is 4.90 Å². The van der Waals surface area contributed by atoms with Crippen LogP contribution in [0.15, 0.2) is 42.5 Å². The molecule has 1 N–H and O–H groups in total. The van der Waals surface area contributed by atoms with Crippen LogP contribution in [0.3, 0.4) is 0 Å². The van der Waals surface area contributed by atoms with Crippen LogP contribution in [0.4, 0.5) is 5.69 Å². The number of benzene rings is 2. The van der Waals surface area contributed by atoms with Crippen molar-refractivity contribution in [1.29, 1.82) is 0 Å². The lowest BCUT2D eigenvalue weighted by Gasteiger charge is -2.32. The first-order valence-electron chi connectivity index (χ1n) is 9.73. The second-order valence-electron chi connectivity index (χ2n) is 7.51. The highest BCUT2D eigenvalue weighted by atomic mass is 16.2. The molecule has 0 bridgehead atoms. The van der Waals surface area contributed by atoms with E-state index in [0.29, 0.717) is 18.7 Å². The maximum Gasteiger partial charge on any atom is 0.253 e. The van der Waals surface area contributed by atoms with Gasteiger partial charge < -0.3 is 10.2 Å². The molecule has 4 nitrogen and oxygen atoms in total. The average molecular weight is 364 g/mol. The molecule has 2 aromatic carbocycles. The van der Waals surface area contributed by atoms with E-state index in [1.165, 1.54) is 5.56 Å². The molecule has 1 aliphatic heterocycles. The Bertz CT molecular complexity index is 807. The quantitative estimate of drug-likeness (QED) is 0.876. The van der Waals surface area contributed by atoms with Gasteiger partial charge >= 0.3 is 0 Å². The molecule has 1 unspecified atom stereocenters. The van der Waals surface area contributed by atoms with Gasteiger partial charge in [-0.2, -0.15) is 0 Å². The molecule has 0 spiro atoms. The van der Waals surface area contributed by atoms with Gasteiger partial charge in [-0.1, -0.05) is 36.2 Å². The minimum atomic E-state index is -0.167. The van der Waals surface area contributed by atoms with E-state index in [0.717, 1.165) is 36.1 Å². The van der Waals surface area contributed by atoms with E-state index < -0.39 is 0 Å². The Morgan fingerprint density at radius 3 is 2.37 bits per heavy atom. The summed E-state index contributed by atoms with van der Waals surface area (Å²) in [7, 11) is 0. The molecule has 1 saturated heterocycles. The Labute approximate surface area is 161 Å². The summed E-state index contributed by atoms with van der Waals surface area (Å²) in [6.07, 6.45) is 2.64. The van der Waals surface area contributed by atoms with Crippen molar-refractivity contribution in [2.24, 2.45) is 5.92 Å². The number of hydrogen-bond donors (Lipinski definition) is 1. The van der Waals surface area contributed by atoms with Gasteiger partial charge in [-0.25, -0.2) is 0 Å². The summed E-state index contributed by atoms with van der Waals surface area (Å²) in [5.41, 5.74) is 4.94. The number of amides is 2. The summed E-state index contributed by atoms with van der Waals surface area (Å²) in [6.45, 7) is 7.29. The summed E-state index contributed by atoms with van der Waals surface area (Å²) < 4.78 is 0. The van der Waals surface area contributed by atoms with Crippen molar-refractivity contribution in [3.8, 4) is 0 Å².